The second-order valence-corrected chi connectivity index (χ2v) is 21.3. The number of carbonyl (C=O) groups excluding carboxylic acids is 1. The summed E-state index contributed by atoms with van der Waals surface area (Å²) in [5.74, 6) is -0.463. The highest BCUT2D eigenvalue weighted by Crippen LogP contribution is 2.18. The molecule has 0 spiro atoms. The lowest BCUT2D eigenvalue weighted by Gasteiger charge is -2.23. The lowest BCUT2D eigenvalue weighted by atomic mass is 10.0. The van der Waals surface area contributed by atoms with Crippen LogP contribution in [0.3, 0.4) is 0 Å². The maximum Gasteiger partial charge on any atom is 0.249 e. The van der Waals surface area contributed by atoms with Crippen molar-refractivity contribution in [2.24, 2.45) is 0 Å². The third-order valence-electron chi connectivity index (χ3n) is 14.6. The Bertz CT molecular complexity index is 940. The van der Waals surface area contributed by atoms with Gasteiger partial charge >= 0.3 is 0 Å². The van der Waals surface area contributed by atoms with Crippen LogP contribution in [-0.4, -0.2) is 46.1 Å². The molecule has 0 saturated carbocycles. The molecule has 0 aromatic heterocycles. The van der Waals surface area contributed by atoms with Crippen LogP contribution in [0.5, 0.6) is 0 Å². The van der Waals surface area contributed by atoms with Crippen LogP contribution in [-0.2, 0) is 4.79 Å². The molecule has 0 aromatic rings. The Hall–Kier alpha value is -0.910. The van der Waals surface area contributed by atoms with Gasteiger partial charge in [-0.3, -0.25) is 4.79 Å². The van der Waals surface area contributed by atoms with Crippen molar-refractivity contribution in [2.45, 2.75) is 366 Å². The fourth-order valence-electron chi connectivity index (χ4n) is 9.90. The third-order valence-corrected chi connectivity index (χ3v) is 14.6. The number of nitrogens with one attached hydrogen (secondary N) is 1. The topological polar surface area (TPSA) is 89.8 Å². The van der Waals surface area contributed by atoms with E-state index in [-0.39, 0.29) is 6.61 Å². The average molecular weight is 933 g/mol. The third kappa shape index (κ3) is 51.0. The van der Waals surface area contributed by atoms with Crippen molar-refractivity contribution in [3.8, 4) is 0 Å². The number of unbranched alkanes of at least 4 members (excludes halogenated alkanes) is 47. The molecule has 0 saturated heterocycles. The van der Waals surface area contributed by atoms with Crippen LogP contribution in [0, 0.1) is 0 Å². The molecule has 66 heavy (non-hydrogen) atoms. The molecule has 0 aliphatic rings. The molecule has 394 valence electrons. The molecule has 0 aromatic carbocycles. The molecule has 0 bridgehead atoms. The molecule has 4 N–H and O–H groups in total. The first-order chi connectivity index (χ1) is 32.6. The summed E-state index contributed by atoms with van der Waals surface area (Å²) in [5, 5.41) is 33.6. The van der Waals surface area contributed by atoms with Crippen molar-refractivity contribution in [1.29, 1.82) is 0 Å². The zero-order valence-corrected chi connectivity index (χ0v) is 45.1. The van der Waals surface area contributed by atoms with Gasteiger partial charge in [-0.05, 0) is 38.5 Å². The molecule has 0 fully saturated rings. The molecule has 3 atom stereocenters. The van der Waals surface area contributed by atoms with E-state index in [2.05, 4.69) is 31.3 Å². The van der Waals surface area contributed by atoms with E-state index in [1.807, 2.05) is 0 Å². The van der Waals surface area contributed by atoms with Gasteiger partial charge in [0.2, 0.25) is 5.91 Å². The van der Waals surface area contributed by atoms with Gasteiger partial charge in [-0.25, -0.2) is 0 Å². The van der Waals surface area contributed by atoms with E-state index in [1.165, 1.54) is 289 Å². The molecule has 5 heteroatoms. The van der Waals surface area contributed by atoms with Crippen LogP contribution in [0.2, 0.25) is 0 Å². The summed E-state index contributed by atoms with van der Waals surface area (Å²) < 4.78 is 0. The van der Waals surface area contributed by atoms with Gasteiger partial charge in [0.05, 0.1) is 18.8 Å². The highest BCUT2D eigenvalue weighted by Gasteiger charge is 2.23. The summed E-state index contributed by atoms with van der Waals surface area (Å²) in [4.78, 5) is 12.6. The summed E-state index contributed by atoms with van der Waals surface area (Å²) in [6.45, 7) is 4.28. The molecule has 1 amide bonds. The van der Waals surface area contributed by atoms with Gasteiger partial charge in [-0.1, -0.05) is 321 Å². The molecule has 5 nitrogen and oxygen atoms in total. The lowest BCUT2D eigenvalue weighted by molar-refractivity contribution is -0.131. The van der Waals surface area contributed by atoms with E-state index < -0.39 is 24.2 Å². The van der Waals surface area contributed by atoms with Crippen LogP contribution in [0.1, 0.15) is 348 Å². The number of aliphatic hydroxyl groups excluding tert-OH is 3. The second kappa shape index (κ2) is 56.7. The standard InChI is InChI=1S/C61H121NO4/c1-3-5-7-9-11-13-15-17-19-21-23-24-25-26-27-28-29-30-31-32-33-34-35-36-37-38-40-42-44-46-48-50-52-54-56-60(65)61(66)62-58(57-63)59(64)55-53-51-49-47-45-43-41-39-22-20-18-16-14-12-10-8-6-4-2/h28-29,58-60,63-65H,3-27,30-57H2,1-2H3,(H,62,66)/b29-28-. The number of rotatable bonds is 57. The van der Waals surface area contributed by atoms with Crippen LogP contribution in [0.4, 0.5) is 0 Å². The Kier molecular flexibility index (Phi) is 55.9. The monoisotopic (exact) mass is 932 g/mol. The fraction of sp³-hybridized carbons (Fsp3) is 0.951. The van der Waals surface area contributed by atoms with Crippen LogP contribution < -0.4 is 5.32 Å². The quantitative estimate of drug-likeness (QED) is 0.0361. The first kappa shape index (κ1) is 65.1. The zero-order valence-electron chi connectivity index (χ0n) is 45.1. The summed E-state index contributed by atoms with van der Waals surface area (Å²) in [5.41, 5.74) is 0. The normalized spacial score (nSPS) is 13.2. The predicted octanol–water partition coefficient (Wildman–Crippen LogP) is 19.1. The highest BCUT2D eigenvalue weighted by atomic mass is 16.3. The van der Waals surface area contributed by atoms with E-state index >= 15 is 0 Å². The van der Waals surface area contributed by atoms with Gasteiger partial charge in [-0.2, -0.15) is 0 Å². The van der Waals surface area contributed by atoms with E-state index in [9.17, 15) is 20.1 Å². The second-order valence-electron chi connectivity index (χ2n) is 21.3. The molecule has 3 unspecified atom stereocenters. The van der Waals surface area contributed by atoms with Crippen molar-refractivity contribution in [2.75, 3.05) is 6.61 Å². The van der Waals surface area contributed by atoms with E-state index in [0.717, 1.165) is 32.1 Å². The number of aliphatic hydroxyl groups is 3. The maximum atomic E-state index is 12.6. The minimum absolute atomic E-state index is 0.309. The Labute approximate surface area is 414 Å². The minimum atomic E-state index is -1.07. The van der Waals surface area contributed by atoms with Gasteiger partial charge in [0.15, 0.2) is 0 Å². The number of allylic oxidation sites excluding steroid dienone is 2. The molecular weight excluding hydrogens is 811 g/mol. The molecular formula is C61H121NO4. The molecule has 0 aliphatic carbocycles. The molecule has 0 aliphatic heterocycles. The van der Waals surface area contributed by atoms with Crippen LogP contribution in [0.15, 0.2) is 12.2 Å². The first-order valence-electron chi connectivity index (χ1n) is 30.5. The Morgan fingerprint density at radius 3 is 0.833 bits per heavy atom. The maximum absolute atomic E-state index is 12.6. The predicted molar refractivity (Wildman–Crippen MR) is 292 cm³/mol. The van der Waals surface area contributed by atoms with Gasteiger partial charge in [0, 0.05) is 0 Å². The summed E-state index contributed by atoms with van der Waals surface area (Å²) in [7, 11) is 0. The van der Waals surface area contributed by atoms with Crippen LogP contribution in [0.25, 0.3) is 0 Å². The minimum Gasteiger partial charge on any atom is -0.394 e. The van der Waals surface area contributed by atoms with E-state index in [4.69, 9.17) is 0 Å². The first-order valence-corrected chi connectivity index (χ1v) is 30.5. The summed E-state index contributed by atoms with van der Waals surface area (Å²) >= 11 is 0. The smallest absolute Gasteiger partial charge is 0.249 e. The van der Waals surface area contributed by atoms with Gasteiger partial charge in [0.25, 0.3) is 0 Å². The van der Waals surface area contributed by atoms with Crippen LogP contribution >= 0.6 is 0 Å². The Morgan fingerprint density at radius 2 is 0.576 bits per heavy atom. The van der Waals surface area contributed by atoms with Crippen molar-refractivity contribution in [3.05, 3.63) is 12.2 Å². The summed E-state index contributed by atoms with van der Waals surface area (Å²) in [6, 6.07) is -0.709. The number of carbonyl (C=O) groups is 1. The molecule has 0 radical (unpaired) electrons. The number of hydrogen-bond acceptors (Lipinski definition) is 4. The van der Waals surface area contributed by atoms with Crippen molar-refractivity contribution in [3.63, 3.8) is 0 Å². The largest absolute Gasteiger partial charge is 0.394 e. The zero-order chi connectivity index (χ0) is 47.9. The number of hydrogen-bond donors (Lipinski definition) is 4. The van der Waals surface area contributed by atoms with Crippen molar-refractivity contribution >= 4 is 5.91 Å². The summed E-state index contributed by atoms with van der Waals surface area (Å²) in [6.07, 6.45) is 71.4. The van der Waals surface area contributed by atoms with E-state index in [0.29, 0.717) is 12.8 Å². The van der Waals surface area contributed by atoms with Gasteiger partial charge in [-0.15, -0.1) is 0 Å². The lowest BCUT2D eigenvalue weighted by Crippen LogP contribution is -2.49. The van der Waals surface area contributed by atoms with Gasteiger partial charge < -0.3 is 20.6 Å². The Morgan fingerprint density at radius 1 is 0.348 bits per heavy atom. The molecule has 0 rings (SSSR count). The average Bonchev–Trinajstić information content (AvgIpc) is 3.32. The fourth-order valence-corrected chi connectivity index (χ4v) is 9.90. The van der Waals surface area contributed by atoms with E-state index in [1.54, 1.807) is 0 Å². The Balaban J connectivity index is 3.46. The SMILES string of the molecule is CCCCCCCCCCCCCCCC/C=C\CCCCCCCCCCCCCCCCCCC(O)C(=O)NC(CO)C(O)CCCCCCCCCCCCCCCCCCCC. The van der Waals surface area contributed by atoms with Gasteiger partial charge in [0.1, 0.15) is 6.10 Å². The van der Waals surface area contributed by atoms with Crippen molar-refractivity contribution < 1.29 is 20.1 Å². The van der Waals surface area contributed by atoms with Crippen molar-refractivity contribution in [1.82, 2.24) is 5.32 Å². The number of amides is 1. The molecule has 0 heterocycles. The highest BCUT2D eigenvalue weighted by molar-refractivity contribution is 5.80.